The van der Waals surface area contributed by atoms with Gasteiger partial charge < -0.3 is 0 Å². The van der Waals surface area contributed by atoms with Crippen LogP contribution in [0.25, 0.3) is 0 Å². The third kappa shape index (κ3) is 3.56. The van der Waals surface area contributed by atoms with Crippen LogP contribution in [0.2, 0.25) is 0 Å². The lowest BCUT2D eigenvalue weighted by atomic mass is 10.0. The summed E-state index contributed by atoms with van der Waals surface area (Å²) in [6.07, 6.45) is 0. The van der Waals surface area contributed by atoms with E-state index in [1.807, 2.05) is 0 Å². The van der Waals surface area contributed by atoms with Crippen molar-refractivity contribution in [3.63, 3.8) is 0 Å². The highest BCUT2D eigenvalue weighted by Crippen LogP contribution is 2.16. The van der Waals surface area contributed by atoms with Crippen molar-refractivity contribution < 1.29 is 8.42 Å². The monoisotopic (exact) mass is 267 g/mol. The van der Waals surface area contributed by atoms with Gasteiger partial charge in [0.15, 0.2) is 9.84 Å². The van der Waals surface area contributed by atoms with Gasteiger partial charge in [-0.3, -0.25) is 4.90 Å². The summed E-state index contributed by atoms with van der Waals surface area (Å²) in [5, 5.41) is 0. The Bertz CT molecular complexity index is 477. The molecule has 0 aliphatic carbocycles. The molecule has 2 rings (SSSR count). The predicted octanol–water partition coefficient (Wildman–Crippen LogP) is 2.04. The van der Waals surface area contributed by atoms with Crippen molar-refractivity contribution >= 4 is 9.84 Å². The SMILES string of the molecule is CC(C)c1ccc(CN2CCS(=O)(=O)CC2)cc1. The Morgan fingerprint density at radius 1 is 1.11 bits per heavy atom. The summed E-state index contributed by atoms with van der Waals surface area (Å²) in [5.74, 6) is 1.16. The van der Waals surface area contributed by atoms with Gasteiger partial charge in [-0.25, -0.2) is 8.42 Å². The molecule has 0 N–H and O–H groups in total. The molecule has 0 unspecified atom stereocenters. The van der Waals surface area contributed by atoms with Gasteiger partial charge in [0.2, 0.25) is 0 Å². The van der Waals surface area contributed by atoms with E-state index in [1.165, 1.54) is 11.1 Å². The lowest BCUT2D eigenvalue weighted by Gasteiger charge is -2.26. The molecule has 1 saturated heterocycles. The average molecular weight is 267 g/mol. The first-order valence-electron chi connectivity index (χ1n) is 6.48. The maximum atomic E-state index is 11.3. The maximum Gasteiger partial charge on any atom is 0.152 e. The molecule has 0 amide bonds. The molecule has 1 aliphatic rings. The van der Waals surface area contributed by atoms with Crippen molar-refractivity contribution in [2.75, 3.05) is 24.6 Å². The lowest BCUT2D eigenvalue weighted by molar-refractivity contribution is 0.287. The number of benzene rings is 1. The zero-order valence-corrected chi connectivity index (χ0v) is 11.9. The molecule has 1 aromatic rings. The molecule has 1 fully saturated rings. The quantitative estimate of drug-likeness (QED) is 0.841. The van der Waals surface area contributed by atoms with Crippen LogP contribution in [0.4, 0.5) is 0 Å². The summed E-state index contributed by atoms with van der Waals surface area (Å²) in [4.78, 5) is 2.21. The molecule has 0 atom stereocenters. The molecule has 3 nitrogen and oxygen atoms in total. The summed E-state index contributed by atoms with van der Waals surface area (Å²) in [6.45, 7) is 6.55. The molecular weight excluding hydrogens is 246 g/mol. The van der Waals surface area contributed by atoms with Crippen LogP contribution < -0.4 is 0 Å². The van der Waals surface area contributed by atoms with Crippen LogP contribution in [0.5, 0.6) is 0 Å². The highest BCUT2D eigenvalue weighted by atomic mass is 32.2. The Balaban J connectivity index is 1.94. The fraction of sp³-hybridized carbons (Fsp3) is 0.571. The Morgan fingerprint density at radius 2 is 1.67 bits per heavy atom. The summed E-state index contributed by atoms with van der Waals surface area (Å²) in [6, 6.07) is 8.64. The molecule has 100 valence electrons. The van der Waals surface area contributed by atoms with Gasteiger partial charge in [0.05, 0.1) is 11.5 Å². The Kier molecular flexibility index (Phi) is 4.07. The number of hydrogen-bond donors (Lipinski definition) is 0. The minimum absolute atomic E-state index is 0.303. The summed E-state index contributed by atoms with van der Waals surface area (Å²) in [5.41, 5.74) is 2.61. The van der Waals surface area contributed by atoms with Crippen LogP contribution >= 0.6 is 0 Å². The predicted molar refractivity (Wildman–Crippen MR) is 74.5 cm³/mol. The molecule has 0 saturated carbocycles. The Morgan fingerprint density at radius 3 is 2.17 bits per heavy atom. The van der Waals surface area contributed by atoms with E-state index in [9.17, 15) is 8.42 Å². The molecule has 0 spiro atoms. The van der Waals surface area contributed by atoms with Gasteiger partial charge in [-0.1, -0.05) is 38.1 Å². The van der Waals surface area contributed by atoms with Gasteiger partial charge in [0, 0.05) is 19.6 Å². The molecule has 0 aromatic heterocycles. The van der Waals surface area contributed by atoms with Crippen LogP contribution in [0.3, 0.4) is 0 Å². The smallest absolute Gasteiger partial charge is 0.152 e. The maximum absolute atomic E-state index is 11.3. The van der Waals surface area contributed by atoms with Gasteiger partial charge in [0.1, 0.15) is 0 Å². The molecule has 0 radical (unpaired) electrons. The van der Waals surface area contributed by atoms with E-state index in [1.54, 1.807) is 0 Å². The third-order valence-electron chi connectivity index (χ3n) is 3.49. The van der Waals surface area contributed by atoms with E-state index >= 15 is 0 Å². The topological polar surface area (TPSA) is 37.4 Å². The second-order valence-electron chi connectivity index (χ2n) is 5.32. The van der Waals surface area contributed by atoms with E-state index < -0.39 is 9.84 Å². The van der Waals surface area contributed by atoms with Crippen LogP contribution in [0.1, 0.15) is 30.9 Å². The molecule has 1 aliphatic heterocycles. The van der Waals surface area contributed by atoms with Crippen LogP contribution in [-0.2, 0) is 16.4 Å². The molecule has 1 heterocycles. The van der Waals surface area contributed by atoms with Gasteiger partial charge >= 0.3 is 0 Å². The molecule has 4 heteroatoms. The number of nitrogens with zero attached hydrogens (tertiary/aromatic N) is 1. The van der Waals surface area contributed by atoms with Gasteiger partial charge in [0.25, 0.3) is 0 Å². The summed E-state index contributed by atoms with van der Waals surface area (Å²) in [7, 11) is -2.77. The first-order valence-corrected chi connectivity index (χ1v) is 8.30. The Labute approximate surface area is 110 Å². The standard InChI is InChI=1S/C14H21NO2S/c1-12(2)14-5-3-13(4-6-14)11-15-7-9-18(16,17)10-8-15/h3-6,12H,7-11H2,1-2H3. The van der Waals surface area contributed by atoms with E-state index in [4.69, 9.17) is 0 Å². The van der Waals surface area contributed by atoms with Crippen molar-refractivity contribution in [1.29, 1.82) is 0 Å². The first kappa shape index (κ1) is 13.6. The highest BCUT2D eigenvalue weighted by molar-refractivity contribution is 7.91. The highest BCUT2D eigenvalue weighted by Gasteiger charge is 2.21. The van der Waals surface area contributed by atoms with Crippen LogP contribution in [-0.4, -0.2) is 37.9 Å². The largest absolute Gasteiger partial charge is 0.297 e. The summed E-state index contributed by atoms with van der Waals surface area (Å²) < 4.78 is 22.7. The Hall–Kier alpha value is -0.870. The second kappa shape index (κ2) is 5.41. The molecule has 1 aromatic carbocycles. The first-order chi connectivity index (χ1) is 8.46. The number of rotatable bonds is 3. The number of sulfone groups is 1. The van der Waals surface area contributed by atoms with Gasteiger partial charge in [-0.2, -0.15) is 0 Å². The third-order valence-corrected chi connectivity index (χ3v) is 5.10. The van der Waals surface area contributed by atoms with Crippen LogP contribution in [0, 0.1) is 0 Å². The van der Waals surface area contributed by atoms with E-state index in [0.717, 1.165) is 6.54 Å². The molecule has 18 heavy (non-hydrogen) atoms. The molecule has 0 bridgehead atoms. The normalized spacial score (nSPS) is 20.2. The van der Waals surface area contributed by atoms with Crippen molar-refractivity contribution in [1.82, 2.24) is 4.90 Å². The minimum Gasteiger partial charge on any atom is -0.297 e. The average Bonchev–Trinajstić information content (AvgIpc) is 2.33. The van der Waals surface area contributed by atoms with Gasteiger partial charge in [-0.15, -0.1) is 0 Å². The second-order valence-corrected chi connectivity index (χ2v) is 7.63. The lowest BCUT2D eigenvalue weighted by Crippen LogP contribution is -2.39. The fourth-order valence-corrected chi connectivity index (χ4v) is 3.45. The van der Waals surface area contributed by atoms with E-state index in [0.29, 0.717) is 30.5 Å². The van der Waals surface area contributed by atoms with E-state index in [-0.39, 0.29) is 0 Å². The van der Waals surface area contributed by atoms with Gasteiger partial charge in [-0.05, 0) is 17.0 Å². The minimum atomic E-state index is -2.77. The van der Waals surface area contributed by atoms with Crippen molar-refractivity contribution in [2.24, 2.45) is 0 Å². The fourth-order valence-electron chi connectivity index (χ4n) is 2.17. The number of hydrogen-bond acceptors (Lipinski definition) is 3. The zero-order chi connectivity index (χ0) is 13.2. The molecular formula is C14H21NO2S. The van der Waals surface area contributed by atoms with E-state index in [2.05, 4.69) is 43.0 Å². The zero-order valence-electron chi connectivity index (χ0n) is 11.1. The summed E-state index contributed by atoms with van der Waals surface area (Å²) >= 11 is 0. The van der Waals surface area contributed by atoms with Crippen LogP contribution in [0.15, 0.2) is 24.3 Å². The van der Waals surface area contributed by atoms with Crippen molar-refractivity contribution in [3.8, 4) is 0 Å². The van der Waals surface area contributed by atoms with Crippen molar-refractivity contribution in [2.45, 2.75) is 26.3 Å². The van der Waals surface area contributed by atoms with Crippen molar-refractivity contribution in [3.05, 3.63) is 35.4 Å².